The third-order valence-electron chi connectivity index (χ3n) is 4.32. The molecule has 0 spiro atoms. The molecule has 1 aliphatic heterocycles. The van der Waals surface area contributed by atoms with Gasteiger partial charge in [-0.15, -0.1) is 11.3 Å². The van der Waals surface area contributed by atoms with Gasteiger partial charge in [0.2, 0.25) is 5.89 Å². The molecular formula is C16H24N4OS. The molecule has 0 radical (unpaired) electrons. The van der Waals surface area contributed by atoms with Gasteiger partial charge in [0.15, 0.2) is 0 Å². The molecule has 1 saturated heterocycles. The smallest absolute Gasteiger partial charge is 0.208 e. The highest BCUT2D eigenvalue weighted by Crippen LogP contribution is 2.23. The number of likely N-dealkylation sites (tertiary alicyclic amines) is 1. The molecule has 6 heteroatoms. The van der Waals surface area contributed by atoms with Gasteiger partial charge in [-0.25, -0.2) is 9.97 Å². The molecule has 0 aromatic carbocycles. The average molecular weight is 320 g/mol. The Balaban J connectivity index is 1.76. The van der Waals surface area contributed by atoms with E-state index in [1.807, 2.05) is 20.0 Å². The maximum atomic E-state index is 5.80. The summed E-state index contributed by atoms with van der Waals surface area (Å²) >= 11 is 1.78. The molecule has 1 unspecified atom stereocenters. The molecule has 2 aromatic heterocycles. The van der Waals surface area contributed by atoms with Gasteiger partial charge >= 0.3 is 0 Å². The molecule has 0 saturated carbocycles. The molecule has 3 heterocycles. The lowest BCUT2D eigenvalue weighted by atomic mass is 10.2. The fraction of sp³-hybridized carbons (Fsp3) is 0.625. The van der Waals surface area contributed by atoms with Crippen LogP contribution in [0.2, 0.25) is 0 Å². The van der Waals surface area contributed by atoms with Gasteiger partial charge in [-0.05, 0) is 40.8 Å². The Hall–Kier alpha value is -1.24. The summed E-state index contributed by atoms with van der Waals surface area (Å²) < 4.78 is 5.80. The molecule has 0 amide bonds. The van der Waals surface area contributed by atoms with Crippen LogP contribution in [-0.2, 0) is 13.1 Å². The minimum atomic E-state index is 0.555. The molecule has 120 valence electrons. The van der Waals surface area contributed by atoms with Crippen molar-refractivity contribution in [1.82, 2.24) is 19.8 Å². The van der Waals surface area contributed by atoms with Crippen molar-refractivity contribution < 1.29 is 4.42 Å². The van der Waals surface area contributed by atoms with Crippen molar-refractivity contribution in [1.29, 1.82) is 0 Å². The first-order valence-electron chi connectivity index (χ1n) is 7.78. The van der Waals surface area contributed by atoms with Crippen molar-refractivity contribution in [2.75, 3.05) is 20.1 Å². The van der Waals surface area contributed by atoms with Gasteiger partial charge in [0.25, 0.3) is 0 Å². The quantitative estimate of drug-likeness (QED) is 0.847. The van der Waals surface area contributed by atoms with Crippen LogP contribution in [0.3, 0.4) is 0 Å². The molecule has 1 aliphatic rings. The minimum Gasteiger partial charge on any atom is -0.444 e. The molecule has 1 atom stereocenters. The number of oxazole rings is 1. The van der Waals surface area contributed by atoms with Crippen molar-refractivity contribution in [3.63, 3.8) is 0 Å². The molecular weight excluding hydrogens is 296 g/mol. The number of likely N-dealkylation sites (N-methyl/N-ethyl adjacent to an activating group) is 1. The highest BCUT2D eigenvalue weighted by Gasteiger charge is 2.27. The van der Waals surface area contributed by atoms with E-state index in [0.717, 1.165) is 48.5 Å². The van der Waals surface area contributed by atoms with E-state index >= 15 is 0 Å². The Morgan fingerprint density at radius 3 is 2.73 bits per heavy atom. The Labute approximate surface area is 136 Å². The summed E-state index contributed by atoms with van der Waals surface area (Å²) in [5.41, 5.74) is 0.993. The number of nitrogens with zero attached hydrogens (tertiary/aromatic N) is 4. The fourth-order valence-corrected chi connectivity index (χ4v) is 3.80. The van der Waals surface area contributed by atoms with E-state index in [4.69, 9.17) is 4.42 Å². The second-order valence-electron chi connectivity index (χ2n) is 6.20. The van der Waals surface area contributed by atoms with E-state index in [2.05, 4.69) is 33.7 Å². The monoisotopic (exact) mass is 320 g/mol. The van der Waals surface area contributed by atoms with Crippen LogP contribution >= 0.6 is 11.3 Å². The summed E-state index contributed by atoms with van der Waals surface area (Å²) in [4.78, 5) is 15.1. The topological polar surface area (TPSA) is 45.4 Å². The van der Waals surface area contributed by atoms with Gasteiger partial charge in [0.1, 0.15) is 5.76 Å². The molecule has 5 nitrogen and oxygen atoms in total. The molecule has 0 N–H and O–H groups in total. The van der Waals surface area contributed by atoms with Crippen molar-refractivity contribution in [3.05, 3.63) is 33.4 Å². The lowest BCUT2D eigenvalue weighted by molar-refractivity contribution is 0.164. The van der Waals surface area contributed by atoms with E-state index < -0.39 is 0 Å². The second-order valence-corrected chi connectivity index (χ2v) is 7.52. The Morgan fingerprint density at radius 2 is 2.18 bits per heavy atom. The number of hydrogen-bond acceptors (Lipinski definition) is 6. The SMILES string of the molecule is Cc1ncc(CN(Cc2nc(C)c(C)o2)C2CCN(C)C2)s1. The first-order valence-corrected chi connectivity index (χ1v) is 8.59. The van der Waals surface area contributed by atoms with Gasteiger partial charge < -0.3 is 9.32 Å². The Morgan fingerprint density at radius 1 is 1.36 bits per heavy atom. The van der Waals surface area contributed by atoms with Crippen LogP contribution in [0.25, 0.3) is 0 Å². The van der Waals surface area contributed by atoms with Gasteiger partial charge in [-0.3, -0.25) is 4.90 Å². The summed E-state index contributed by atoms with van der Waals surface area (Å²) in [5, 5.41) is 1.13. The van der Waals surface area contributed by atoms with Crippen molar-refractivity contribution in [2.45, 2.75) is 46.3 Å². The number of thiazole rings is 1. The highest BCUT2D eigenvalue weighted by molar-refractivity contribution is 7.11. The standard InChI is InChI=1S/C16H24N4OS/c1-11-12(2)21-16(18-11)10-20(14-5-6-19(4)8-14)9-15-7-17-13(3)22-15/h7,14H,5-6,8-10H2,1-4H3. The van der Waals surface area contributed by atoms with Crippen LogP contribution in [0.15, 0.2) is 10.6 Å². The number of aromatic nitrogens is 2. The van der Waals surface area contributed by atoms with E-state index in [-0.39, 0.29) is 0 Å². The minimum absolute atomic E-state index is 0.555. The van der Waals surface area contributed by atoms with E-state index in [1.54, 1.807) is 11.3 Å². The molecule has 22 heavy (non-hydrogen) atoms. The molecule has 2 aromatic rings. The molecule has 1 fully saturated rings. The van der Waals surface area contributed by atoms with Crippen LogP contribution in [0.4, 0.5) is 0 Å². The van der Waals surface area contributed by atoms with Crippen molar-refractivity contribution in [3.8, 4) is 0 Å². The predicted molar refractivity (Wildman–Crippen MR) is 88.0 cm³/mol. The van der Waals surface area contributed by atoms with Crippen LogP contribution in [-0.4, -0.2) is 45.9 Å². The third-order valence-corrected chi connectivity index (χ3v) is 5.22. The van der Waals surface area contributed by atoms with Crippen molar-refractivity contribution >= 4 is 11.3 Å². The zero-order valence-corrected chi connectivity index (χ0v) is 14.6. The van der Waals surface area contributed by atoms with Gasteiger partial charge in [0, 0.05) is 30.2 Å². The summed E-state index contributed by atoms with van der Waals surface area (Å²) in [6.07, 6.45) is 3.20. The number of hydrogen-bond donors (Lipinski definition) is 0. The van der Waals surface area contributed by atoms with Crippen LogP contribution in [0.1, 0.15) is 33.7 Å². The number of rotatable bonds is 5. The maximum absolute atomic E-state index is 5.80. The Kier molecular flexibility index (Phi) is 4.61. The fourth-order valence-electron chi connectivity index (χ4n) is 2.98. The summed E-state index contributed by atoms with van der Waals surface area (Å²) in [6.45, 7) is 9.99. The van der Waals surface area contributed by atoms with Gasteiger partial charge in [0.05, 0.1) is 17.2 Å². The maximum Gasteiger partial charge on any atom is 0.208 e. The lowest BCUT2D eigenvalue weighted by Crippen LogP contribution is -2.36. The summed E-state index contributed by atoms with van der Waals surface area (Å²) in [7, 11) is 2.19. The van der Waals surface area contributed by atoms with E-state index in [0.29, 0.717) is 6.04 Å². The molecule has 0 aliphatic carbocycles. The first-order chi connectivity index (χ1) is 10.5. The van der Waals surface area contributed by atoms with E-state index in [1.165, 1.54) is 11.3 Å². The number of aryl methyl sites for hydroxylation is 3. The summed E-state index contributed by atoms with van der Waals surface area (Å²) in [6, 6.07) is 0.555. The predicted octanol–water partition coefficient (Wildman–Crippen LogP) is 2.76. The van der Waals surface area contributed by atoms with E-state index in [9.17, 15) is 0 Å². The first kappa shape index (κ1) is 15.6. The zero-order chi connectivity index (χ0) is 15.7. The van der Waals surface area contributed by atoms with Gasteiger partial charge in [-0.1, -0.05) is 0 Å². The van der Waals surface area contributed by atoms with Crippen LogP contribution < -0.4 is 0 Å². The van der Waals surface area contributed by atoms with Crippen LogP contribution in [0.5, 0.6) is 0 Å². The lowest BCUT2D eigenvalue weighted by Gasteiger charge is -2.26. The normalized spacial score (nSPS) is 19.4. The molecule has 3 rings (SSSR count). The largest absolute Gasteiger partial charge is 0.444 e. The second kappa shape index (κ2) is 6.48. The molecule has 0 bridgehead atoms. The van der Waals surface area contributed by atoms with Crippen LogP contribution in [0, 0.1) is 20.8 Å². The average Bonchev–Trinajstić information content (AvgIpc) is 3.13. The summed E-state index contributed by atoms with van der Waals surface area (Å²) in [5.74, 6) is 1.75. The Bertz CT molecular complexity index is 616. The highest BCUT2D eigenvalue weighted by atomic mass is 32.1. The third kappa shape index (κ3) is 3.56. The zero-order valence-electron chi connectivity index (χ0n) is 13.8. The van der Waals surface area contributed by atoms with Gasteiger partial charge in [-0.2, -0.15) is 0 Å². The van der Waals surface area contributed by atoms with Crippen molar-refractivity contribution in [2.24, 2.45) is 0 Å².